The Bertz CT molecular complexity index is 369. The molecule has 3 nitrogen and oxygen atoms in total. The van der Waals surface area contributed by atoms with Crippen LogP contribution in [-0.4, -0.2) is 39.2 Å². The highest BCUT2D eigenvalue weighted by molar-refractivity contribution is 5.33. The Morgan fingerprint density at radius 1 is 1.39 bits per heavy atom. The monoisotopic (exact) mass is 254 g/mol. The van der Waals surface area contributed by atoms with E-state index in [9.17, 15) is 4.39 Å². The molecule has 1 atom stereocenters. The van der Waals surface area contributed by atoms with Crippen molar-refractivity contribution in [1.29, 1.82) is 0 Å². The minimum Gasteiger partial charge on any atom is -0.494 e. The van der Waals surface area contributed by atoms with Crippen LogP contribution in [0.25, 0.3) is 0 Å². The van der Waals surface area contributed by atoms with Crippen molar-refractivity contribution in [2.45, 2.75) is 19.4 Å². The van der Waals surface area contributed by atoms with E-state index in [2.05, 4.69) is 10.2 Å². The molecule has 1 rings (SSSR count). The maximum absolute atomic E-state index is 14.2. The van der Waals surface area contributed by atoms with Crippen LogP contribution < -0.4 is 10.1 Å². The third kappa shape index (κ3) is 3.96. The topological polar surface area (TPSA) is 24.5 Å². The van der Waals surface area contributed by atoms with Gasteiger partial charge in [-0.25, -0.2) is 4.39 Å². The number of nitrogens with one attached hydrogen (secondary N) is 1. The fourth-order valence-electron chi connectivity index (χ4n) is 1.96. The Morgan fingerprint density at radius 3 is 2.67 bits per heavy atom. The number of ether oxygens (including phenoxy) is 1. The van der Waals surface area contributed by atoms with Gasteiger partial charge in [0.2, 0.25) is 0 Å². The minimum atomic E-state index is -0.260. The summed E-state index contributed by atoms with van der Waals surface area (Å²) in [5.74, 6) is 0.0463. The van der Waals surface area contributed by atoms with E-state index in [0.717, 1.165) is 19.5 Å². The molecule has 1 aromatic carbocycles. The van der Waals surface area contributed by atoms with E-state index in [1.165, 1.54) is 7.11 Å². The van der Waals surface area contributed by atoms with Crippen LogP contribution in [0.5, 0.6) is 5.75 Å². The first-order valence-electron chi connectivity index (χ1n) is 6.30. The molecule has 0 saturated carbocycles. The average molecular weight is 254 g/mol. The van der Waals surface area contributed by atoms with Crippen LogP contribution >= 0.6 is 0 Å². The van der Waals surface area contributed by atoms with Gasteiger partial charge >= 0.3 is 0 Å². The van der Waals surface area contributed by atoms with Crippen LogP contribution in [0.2, 0.25) is 0 Å². The molecule has 0 amide bonds. The van der Waals surface area contributed by atoms with Crippen molar-refractivity contribution in [2.75, 3.05) is 34.3 Å². The Morgan fingerprint density at radius 2 is 2.11 bits per heavy atom. The summed E-state index contributed by atoms with van der Waals surface area (Å²) in [6.07, 6.45) is 0.866. The summed E-state index contributed by atoms with van der Waals surface area (Å²) in [6, 6.07) is 5.32. The van der Waals surface area contributed by atoms with Crippen LogP contribution in [0.15, 0.2) is 18.2 Å². The number of hydrogen-bond acceptors (Lipinski definition) is 3. The maximum Gasteiger partial charge on any atom is 0.169 e. The lowest BCUT2D eigenvalue weighted by Crippen LogP contribution is -2.26. The number of methoxy groups -OCH3 is 1. The fraction of sp³-hybridized carbons (Fsp3) is 0.571. The molecule has 0 radical (unpaired) electrons. The second-order valence-corrected chi connectivity index (χ2v) is 4.57. The molecule has 0 saturated heterocycles. The van der Waals surface area contributed by atoms with Gasteiger partial charge in [-0.15, -0.1) is 0 Å². The van der Waals surface area contributed by atoms with Crippen LogP contribution in [0, 0.1) is 5.82 Å². The number of benzene rings is 1. The molecule has 0 aliphatic rings. The van der Waals surface area contributed by atoms with Gasteiger partial charge in [0, 0.05) is 11.6 Å². The second kappa shape index (κ2) is 7.34. The molecule has 0 aliphatic heterocycles. The third-order valence-corrected chi connectivity index (χ3v) is 2.90. The predicted molar refractivity (Wildman–Crippen MR) is 72.5 cm³/mol. The standard InChI is InChI=1S/C14H23FN2O/c1-5-16-12(9-10-17(2)3)11-7-6-8-13(18-4)14(11)15/h6-8,12,16H,5,9-10H2,1-4H3. The molecular formula is C14H23FN2O. The van der Waals surface area contributed by atoms with Gasteiger partial charge in [-0.2, -0.15) is 0 Å². The number of nitrogens with zero attached hydrogens (tertiary/aromatic N) is 1. The van der Waals surface area contributed by atoms with E-state index < -0.39 is 0 Å². The van der Waals surface area contributed by atoms with Crippen molar-refractivity contribution < 1.29 is 9.13 Å². The first-order chi connectivity index (χ1) is 8.60. The van der Waals surface area contributed by atoms with E-state index in [4.69, 9.17) is 4.74 Å². The van der Waals surface area contributed by atoms with Crippen molar-refractivity contribution in [3.05, 3.63) is 29.6 Å². The van der Waals surface area contributed by atoms with Crippen molar-refractivity contribution >= 4 is 0 Å². The Kier molecular flexibility index (Phi) is 6.09. The Hall–Kier alpha value is -1.13. The first kappa shape index (κ1) is 14.9. The molecular weight excluding hydrogens is 231 g/mol. The zero-order valence-corrected chi connectivity index (χ0v) is 11.7. The minimum absolute atomic E-state index is 0.0208. The molecule has 1 N–H and O–H groups in total. The normalized spacial score (nSPS) is 12.8. The SMILES string of the molecule is CCNC(CCN(C)C)c1cccc(OC)c1F. The van der Waals surface area contributed by atoms with Gasteiger partial charge in [-0.1, -0.05) is 19.1 Å². The largest absolute Gasteiger partial charge is 0.494 e. The molecule has 4 heteroatoms. The lowest BCUT2D eigenvalue weighted by Gasteiger charge is -2.21. The number of rotatable bonds is 7. The van der Waals surface area contributed by atoms with Crippen molar-refractivity contribution in [2.24, 2.45) is 0 Å². The van der Waals surface area contributed by atoms with E-state index in [0.29, 0.717) is 11.3 Å². The van der Waals surface area contributed by atoms with E-state index in [1.54, 1.807) is 6.07 Å². The van der Waals surface area contributed by atoms with Gasteiger partial charge in [-0.3, -0.25) is 0 Å². The van der Waals surface area contributed by atoms with Gasteiger partial charge in [-0.05, 0) is 39.7 Å². The molecule has 1 unspecified atom stereocenters. The van der Waals surface area contributed by atoms with E-state index >= 15 is 0 Å². The Labute approximate surface area is 109 Å². The molecule has 0 spiro atoms. The van der Waals surface area contributed by atoms with Gasteiger partial charge in [0.15, 0.2) is 11.6 Å². The molecule has 0 aromatic heterocycles. The molecule has 18 heavy (non-hydrogen) atoms. The average Bonchev–Trinajstić information content (AvgIpc) is 2.35. The third-order valence-electron chi connectivity index (χ3n) is 2.90. The highest BCUT2D eigenvalue weighted by Crippen LogP contribution is 2.26. The van der Waals surface area contributed by atoms with Crippen LogP contribution in [0.1, 0.15) is 24.9 Å². The zero-order valence-electron chi connectivity index (χ0n) is 11.7. The zero-order chi connectivity index (χ0) is 13.5. The van der Waals surface area contributed by atoms with Crippen molar-refractivity contribution in [3.8, 4) is 5.75 Å². The highest BCUT2D eigenvalue weighted by Gasteiger charge is 2.17. The quantitative estimate of drug-likeness (QED) is 0.809. The summed E-state index contributed by atoms with van der Waals surface area (Å²) in [5.41, 5.74) is 0.679. The second-order valence-electron chi connectivity index (χ2n) is 4.57. The summed E-state index contributed by atoms with van der Waals surface area (Å²) in [7, 11) is 5.53. The molecule has 102 valence electrons. The summed E-state index contributed by atoms with van der Waals surface area (Å²) >= 11 is 0. The predicted octanol–water partition coefficient (Wildman–Crippen LogP) is 2.44. The van der Waals surface area contributed by atoms with Crippen LogP contribution in [-0.2, 0) is 0 Å². The summed E-state index contributed by atoms with van der Waals surface area (Å²) in [4.78, 5) is 2.10. The van der Waals surface area contributed by atoms with Gasteiger partial charge in [0.1, 0.15) is 0 Å². The highest BCUT2D eigenvalue weighted by atomic mass is 19.1. The van der Waals surface area contributed by atoms with Crippen molar-refractivity contribution in [3.63, 3.8) is 0 Å². The molecule has 0 bridgehead atoms. The van der Waals surface area contributed by atoms with Gasteiger partial charge in [0.25, 0.3) is 0 Å². The Balaban J connectivity index is 2.90. The summed E-state index contributed by atoms with van der Waals surface area (Å²) in [6.45, 7) is 3.75. The van der Waals surface area contributed by atoms with E-state index in [1.807, 2.05) is 33.2 Å². The van der Waals surface area contributed by atoms with Crippen molar-refractivity contribution in [1.82, 2.24) is 10.2 Å². The molecule has 0 heterocycles. The van der Waals surface area contributed by atoms with Crippen LogP contribution in [0.3, 0.4) is 0 Å². The van der Waals surface area contributed by atoms with E-state index in [-0.39, 0.29) is 11.9 Å². The van der Waals surface area contributed by atoms with Gasteiger partial charge in [0.05, 0.1) is 7.11 Å². The summed E-state index contributed by atoms with van der Waals surface area (Å²) in [5, 5.41) is 3.32. The summed E-state index contributed by atoms with van der Waals surface area (Å²) < 4.78 is 19.2. The van der Waals surface area contributed by atoms with Gasteiger partial charge < -0.3 is 15.0 Å². The lowest BCUT2D eigenvalue weighted by atomic mass is 10.0. The number of halogens is 1. The molecule has 1 aromatic rings. The number of hydrogen-bond donors (Lipinski definition) is 1. The van der Waals surface area contributed by atoms with Crippen LogP contribution in [0.4, 0.5) is 4.39 Å². The molecule has 0 fully saturated rings. The molecule has 0 aliphatic carbocycles. The fourth-order valence-corrected chi connectivity index (χ4v) is 1.96. The first-order valence-corrected chi connectivity index (χ1v) is 6.30. The lowest BCUT2D eigenvalue weighted by molar-refractivity contribution is 0.351. The smallest absolute Gasteiger partial charge is 0.169 e. The maximum atomic E-state index is 14.2.